The summed E-state index contributed by atoms with van der Waals surface area (Å²) in [6.45, 7) is 0.373. The predicted molar refractivity (Wildman–Crippen MR) is 386 cm³/mol. The molecule has 0 bridgehead atoms. The van der Waals surface area contributed by atoms with Crippen LogP contribution >= 0.6 is 0 Å². The molecule has 0 radical (unpaired) electrons. The number of hydrogen-bond acceptors (Lipinski definition) is 28. The van der Waals surface area contributed by atoms with Crippen molar-refractivity contribution in [2.24, 2.45) is 0 Å². The van der Waals surface area contributed by atoms with Gasteiger partial charge in [0.25, 0.3) is 0 Å². The molecule has 5 fully saturated rings. The molecule has 106 heavy (non-hydrogen) atoms. The minimum atomic E-state index is -2.15. The smallest absolute Gasteiger partial charge is 0.220 e. The maximum atomic E-state index is 13.6. The molecule has 27 atom stereocenters. The minimum Gasteiger partial charge on any atom is -0.394 e. The molecule has 0 spiro atoms. The molecule has 30 heteroatoms. The van der Waals surface area contributed by atoms with Crippen molar-refractivity contribution in [3.63, 3.8) is 0 Å². The largest absolute Gasteiger partial charge is 0.394 e. The first-order valence-electron chi connectivity index (χ1n) is 40.5. The van der Waals surface area contributed by atoms with E-state index in [2.05, 4.69) is 24.5 Å². The number of allylic oxidation sites excluding steroid dienone is 1. The van der Waals surface area contributed by atoms with Gasteiger partial charge in [-0.25, -0.2) is 0 Å². The fraction of sp³-hybridized carbons (Fsp3) is 0.947. The first kappa shape index (κ1) is 94.2. The summed E-state index contributed by atoms with van der Waals surface area (Å²) in [5.41, 5.74) is 0. The SMILES string of the molecule is CCCCCCCCCCCCC/C=C/[C@@H](O)[C@H](CO[C@@H]1OC(CO)[C@@H](O[C@@H]2OC(CO)[C@H](O)[C@H](O[C@@H]3OC(CO)[C@@H](O[C@@H]4OC(CO)[C@H](O)[C@H](O[C@H]5OC(CO)[C@H](O)[C@H](O)C5O)C4O)[C@H](O)C3NC(C)=O)C2O)[C@H](O)C1O)NC(=O)CCCCCCCCCCCCCCCCCCCCCCCCC. The van der Waals surface area contributed by atoms with Gasteiger partial charge in [0.05, 0.1) is 51.8 Å². The average Bonchev–Trinajstić information content (AvgIpc) is 0.767. The van der Waals surface area contributed by atoms with Gasteiger partial charge in [-0.15, -0.1) is 0 Å². The van der Waals surface area contributed by atoms with Crippen molar-refractivity contribution in [3.8, 4) is 0 Å². The summed E-state index contributed by atoms with van der Waals surface area (Å²) in [5.74, 6) is -1.15. The summed E-state index contributed by atoms with van der Waals surface area (Å²) in [4.78, 5) is 26.3. The van der Waals surface area contributed by atoms with E-state index in [9.17, 15) is 91.3 Å². The third kappa shape index (κ3) is 31.5. The summed E-state index contributed by atoms with van der Waals surface area (Å²) in [6, 6.07) is -2.82. The van der Waals surface area contributed by atoms with Crippen molar-refractivity contribution < 1.29 is 139 Å². The Morgan fingerprint density at radius 1 is 0.368 bits per heavy atom. The Kier molecular flexibility index (Phi) is 47.7. The molecule has 5 rings (SSSR count). The van der Waals surface area contributed by atoms with E-state index in [-0.39, 0.29) is 12.3 Å². The molecule has 5 heterocycles. The first-order valence-corrected chi connectivity index (χ1v) is 40.5. The molecule has 18 N–H and O–H groups in total. The van der Waals surface area contributed by atoms with Gasteiger partial charge < -0.3 is 140 Å². The molecule has 622 valence electrons. The van der Waals surface area contributed by atoms with Gasteiger partial charge in [-0.2, -0.15) is 0 Å². The highest BCUT2D eigenvalue weighted by atomic mass is 16.8. The molecular formula is C76H140N2O28. The topological polar surface area (TPSA) is 474 Å². The van der Waals surface area contributed by atoms with E-state index in [4.69, 9.17) is 47.4 Å². The van der Waals surface area contributed by atoms with Gasteiger partial charge in [-0.05, 0) is 19.3 Å². The number of unbranched alkanes of at least 4 members (excludes halogenated alkanes) is 33. The molecule has 10 unspecified atom stereocenters. The van der Waals surface area contributed by atoms with Gasteiger partial charge in [0.2, 0.25) is 11.8 Å². The number of amides is 2. The van der Waals surface area contributed by atoms with Crippen LogP contribution < -0.4 is 10.6 Å². The van der Waals surface area contributed by atoms with Crippen molar-refractivity contribution >= 4 is 11.8 Å². The van der Waals surface area contributed by atoms with Crippen molar-refractivity contribution in [3.05, 3.63) is 12.2 Å². The van der Waals surface area contributed by atoms with Gasteiger partial charge in [0.1, 0.15) is 122 Å². The Hall–Kier alpha value is -2.36. The molecule has 30 nitrogen and oxygen atoms in total. The molecule has 0 saturated carbocycles. The second kappa shape index (κ2) is 53.6. The molecule has 5 aliphatic heterocycles. The van der Waals surface area contributed by atoms with Crippen LogP contribution in [-0.2, 0) is 57.0 Å². The van der Waals surface area contributed by atoms with Crippen LogP contribution in [0.5, 0.6) is 0 Å². The molecule has 0 aromatic rings. The first-order chi connectivity index (χ1) is 51.2. The second-order valence-corrected chi connectivity index (χ2v) is 29.9. The standard InChI is InChI=1S/C76H140N2O28/c1-4-6-8-10-12-14-16-18-19-20-21-22-23-24-25-26-27-29-31-33-35-37-39-41-56(86)78-49(50(85)40-38-36-34-32-30-28-17-15-13-11-9-7-5-2)47-97-73-65(94)63(92)69(55(46-83)102-73)104-76-66(95)70(59(88)52(43-80)100-76)105-72-57(77-48(3)84)61(90)68(54(45-82)101-72)103-75-67(96)71(60(89)53(44-81)99-75)106-74-64(93)62(91)58(87)51(42-79)98-74/h38,40,49-55,57-76,79-83,85,87-96H,4-37,39,41-47H2,1-3H3,(H,77,84)(H,78,86)/b40-38+/t49-,50+,51?,52?,53?,54?,55?,57?,58-,59-,60-,61+,62-,63+,64?,65?,66?,67?,68+,69+,70-,71-,72-,73+,74+,75-,76-/m0/s1. The number of aliphatic hydroxyl groups is 16. The van der Waals surface area contributed by atoms with Crippen molar-refractivity contribution in [1.82, 2.24) is 10.6 Å². The zero-order valence-electron chi connectivity index (χ0n) is 63.5. The van der Waals surface area contributed by atoms with E-state index in [1.165, 1.54) is 167 Å². The van der Waals surface area contributed by atoms with Crippen LogP contribution in [0.3, 0.4) is 0 Å². The average molecular weight is 1530 g/mol. The Bertz CT molecular complexity index is 2290. The van der Waals surface area contributed by atoms with Gasteiger partial charge >= 0.3 is 0 Å². The number of nitrogens with one attached hydrogen (secondary N) is 2. The van der Waals surface area contributed by atoms with Crippen molar-refractivity contribution in [2.75, 3.05) is 39.6 Å². The predicted octanol–water partition coefficient (Wildman–Crippen LogP) is 2.73. The molecule has 5 saturated heterocycles. The van der Waals surface area contributed by atoms with Crippen LogP contribution in [0, 0.1) is 0 Å². The van der Waals surface area contributed by atoms with E-state index in [1.54, 1.807) is 6.08 Å². The van der Waals surface area contributed by atoms with Crippen LogP contribution in [0.25, 0.3) is 0 Å². The zero-order chi connectivity index (χ0) is 77.3. The number of rotatable bonds is 56. The zero-order valence-corrected chi connectivity index (χ0v) is 63.5. The highest BCUT2D eigenvalue weighted by Gasteiger charge is 2.57. The monoisotopic (exact) mass is 1530 g/mol. The number of hydrogen-bond donors (Lipinski definition) is 18. The normalized spacial score (nSPS) is 34.3. The molecule has 0 aliphatic carbocycles. The molecule has 2 amide bonds. The maximum Gasteiger partial charge on any atom is 0.220 e. The fourth-order valence-corrected chi connectivity index (χ4v) is 14.6. The van der Waals surface area contributed by atoms with Crippen LogP contribution in [0.2, 0.25) is 0 Å². The number of carbonyl (C=O) groups excluding carboxylic acids is 2. The maximum absolute atomic E-state index is 13.6. The van der Waals surface area contributed by atoms with Gasteiger partial charge in [-0.3, -0.25) is 9.59 Å². The third-order valence-electron chi connectivity index (χ3n) is 21.2. The quantitative estimate of drug-likeness (QED) is 0.0307. The Labute approximate surface area is 628 Å². The fourth-order valence-electron chi connectivity index (χ4n) is 14.6. The summed E-state index contributed by atoms with van der Waals surface area (Å²) in [5, 5.41) is 181. The lowest BCUT2D eigenvalue weighted by Gasteiger charge is -2.50. The van der Waals surface area contributed by atoms with E-state index in [1.807, 2.05) is 6.08 Å². The number of aliphatic hydroxyl groups excluding tert-OH is 16. The Morgan fingerprint density at radius 2 is 0.698 bits per heavy atom. The van der Waals surface area contributed by atoms with E-state index in [0.717, 1.165) is 51.9 Å². The summed E-state index contributed by atoms with van der Waals surface area (Å²) >= 11 is 0. The summed E-state index contributed by atoms with van der Waals surface area (Å²) in [6.07, 6.45) is -0.110. The Morgan fingerprint density at radius 3 is 1.10 bits per heavy atom. The van der Waals surface area contributed by atoms with Gasteiger partial charge in [-0.1, -0.05) is 231 Å². The van der Waals surface area contributed by atoms with Crippen LogP contribution in [-0.4, -0.2) is 299 Å². The van der Waals surface area contributed by atoms with Crippen molar-refractivity contribution in [1.29, 1.82) is 0 Å². The Balaban J connectivity index is 1.15. The van der Waals surface area contributed by atoms with E-state index in [0.29, 0.717) is 12.8 Å². The minimum absolute atomic E-state index is 0.194. The van der Waals surface area contributed by atoms with Crippen LogP contribution in [0.15, 0.2) is 12.2 Å². The highest BCUT2D eigenvalue weighted by Crippen LogP contribution is 2.37. The van der Waals surface area contributed by atoms with E-state index < -0.39 is 211 Å². The lowest BCUT2D eigenvalue weighted by molar-refractivity contribution is -0.387. The number of carbonyl (C=O) groups is 2. The van der Waals surface area contributed by atoms with Crippen molar-refractivity contribution in [2.45, 2.75) is 418 Å². The molecule has 0 aromatic carbocycles. The van der Waals surface area contributed by atoms with Crippen LogP contribution in [0.1, 0.15) is 252 Å². The van der Waals surface area contributed by atoms with Gasteiger partial charge in [0.15, 0.2) is 31.5 Å². The summed E-state index contributed by atoms with van der Waals surface area (Å²) in [7, 11) is 0. The lowest BCUT2D eigenvalue weighted by atomic mass is 9.94. The highest BCUT2D eigenvalue weighted by molar-refractivity contribution is 5.76. The third-order valence-corrected chi connectivity index (χ3v) is 21.2. The summed E-state index contributed by atoms with van der Waals surface area (Å²) < 4.78 is 58.4. The molecule has 0 aromatic heterocycles. The molecular weight excluding hydrogens is 1390 g/mol. The number of ether oxygens (including phenoxy) is 10. The second-order valence-electron chi connectivity index (χ2n) is 29.9. The van der Waals surface area contributed by atoms with Crippen LogP contribution in [0.4, 0.5) is 0 Å². The van der Waals surface area contributed by atoms with Gasteiger partial charge in [0, 0.05) is 13.3 Å². The molecule has 5 aliphatic rings. The van der Waals surface area contributed by atoms with E-state index >= 15 is 0 Å². The lowest BCUT2D eigenvalue weighted by Crippen LogP contribution is -2.70.